The van der Waals surface area contributed by atoms with Crippen molar-refractivity contribution in [1.82, 2.24) is 0 Å². The van der Waals surface area contributed by atoms with Gasteiger partial charge in [-0.2, -0.15) is 0 Å². The second-order valence-corrected chi connectivity index (χ2v) is 24.8. The third-order valence-corrected chi connectivity index (χ3v) is 23.8. The van der Waals surface area contributed by atoms with Crippen LogP contribution >= 0.6 is 0 Å². The number of rotatable bonds is 10. The SMILES string of the molecule is C[CH2][Ge]([CH2]C)([O]OC(C)(C)C)[O][Ge]([CH2]C)([CH2]C)[O]OC(C)(C)C. The van der Waals surface area contributed by atoms with Gasteiger partial charge in [0.15, 0.2) is 0 Å². The van der Waals surface area contributed by atoms with E-state index in [1.165, 1.54) is 0 Å². The van der Waals surface area contributed by atoms with Crippen molar-refractivity contribution < 1.29 is 20.4 Å². The molecule has 0 rings (SSSR count). The summed E-state index contributed by atoms with van der Waals surface area (Å²) in [5.74, 6) is 0. The molecule has 0 heterocycles. The molecule has 0 atom stereocenters. The van der Waals surface area contributed by atoms with Gasteiger partial charge in [0.1, 0.15) is 0 Å². The first kappa shape index (κ1) is 23.9. The average molecular weight is 456 g/mol. The maximum absolute atomic E-state index is 6.69. The summed E-state index contributed by atoms with van der Waals surface area (Å²) in [7, 11) is 0. The molecule has 140 valence electrons. The van der Waals surface area contributed by atoms with Crippen molar-refractivity contribution in [1.29, 1.82) is 0 Å². The molecule has 0 aromatic heterocycles. The van der Waals surface area contributed by atoms with E-state index in [1.807, 2.05) is 41.5 Å². The Labute approximate surface area is 149 Å². The molecule has 7 heteroatoms. The third-order valence-electron chi connectivity index (χ3n) is 3.41. The van der Waals surface area contributed by atoms with Crippen molar-refractivity contribution in [2.24, 2.45) is 0 Å². The molecular weight excluding hydrogens is 417 g/mol. The van der Waals surface area contributed by atoms with Crippen molar-refractivity contribution in [3.63, 3.8) is 0 Å². The fraction of sp³-hybridized carbons (Fsp3) is 1.00. The van der Waals surface area contributed by atoms with Gasteiger partial charge in [0.05, 0.1) is 0 Å². The molecule has 0 amide bonds. The van der Waals surface area contributed by atoms with Gasteiger partial charge in [-0.1, -0.05) is 0 Å². The van der Waals surface area contributed by atoms with Gasteiger partial charge in [0.25, 0.3) is 0 Å². The van der Waals surface area contributed by atoms with E-state index in [1.54, 1.807) is 0 Å². The van der Waals surface area contributed by atoms with Gasteiger partial charge in [-0.3, -0.25) is 0 Å². The van der Waals surface area contributed by atoms with Gasteiger partial charge in [-0.05, 0) is 0 Å². The van der Waals surface area contributed by atoms with Crippen LogP contribution in [0.3, 0.4) is 0 Å². The van der Waals surface area contributed by atoms with E-state index in [2.05, 4.69) is 27.7 Å². The molecule has 0 saturated carbocycles. The molecule has 0 aliphatic carbocycles. The van der Waals surface area contributed by atoms with Crippen LogP contribution in [0.25, 0.3) is 0 Å². The molecular formula is C16H38Ge2O5. The molecule has 0 aromatic carbocycles. The molecule has 5 nitrogen and oxygen atoms in total. The molecule has 0 fully saturated rings. The Morgan fingerprint density at radius 2 is 0.826 bits per heavy atom. The molecule has 0 spiro atoms. The van der Waals surface area contributed by atoms with Gasteiger partial charge in [0, 0.05) is 0 Å². The van der Waals surface area contributed by atoms with Crippen LogP contribution in [0.15, 0.2) is 0 Å². The van der Waals surface area contributed by atoms with Crippen molar-refractivity contribution in [2.45, 2.75) is 101 Å². The fourth-order valence-corrected chi connectivity index (χ4v) is 23.8. The molecule has 0 radical (unpaired) electrons. The van der Waals surface area contributed by atoms with Crippen LogP contribution in [0.2, 0.25) is 21.0 Å². The van der Waals surface area contributed by atoms with Crippen molar-refractivity contribution in [3.05, 3.63) is 0 Å². The molecule has 0 unspecified atom stereocenters. The summed E-state index contributed by atoms with van der Waals surface area (Å²) in [6.07, 6.45) is 0. The van der Waals surface area contributed by atoms with Crippen molar-refractivity contribution >= 4 is 27.9 Å². The van der Waals surface area contributed by atoms with Crippen LogP contribution in [0.5, 0.6) is 0 Å². The van der Waals surface area contributed by atoms with Crippen LogP contribution in [0.1, 0.15) is 69.2 Å². The average Bonchev–Trinajstić information content (AvgIpc) is 2.46. The van der Waals surface area contributed by atoms with Crippen LogP contribution in [0.4, 0.5) is 0 Å². The zero-order chi connectivity index (χ0) is 18.4. The van der Waals surface area contributed by atoms with E-state index in [4.69, 9.17) is 20.4 Å². The summed E-state index contributed by atoms with van der Waals surface area (Å²) in [6.45, 7) is 20.4. The summed E-state index contributed by atoms with van der Waals surface area (Å²) in [5, 5.41) is 3.49. The molecule has 0 bridgehead atoms. The minimum atomic E-state index is -3.06. The van der Waals surface area contributed by atoms with Gasteiger partial charge in [0.2, 0.25) is 0 Å². The number of hydrogen-bond donors (Lipinski definition) is 0. The molecule has 23 heavy (non-hydrogen) atoms. The quantitative estimate of drug-likeness (QED) is 0.249. The maximum atomic E-state index is 6.69. The Morgan fingerprint density at radius 3 is 1.00 bits per heavy atom. The van der Waals surface area contributed by atoms with Crippen LogP contribution in [-0.2, 0) is 20.4 Å². The van der Waals surface area contributed by atoms with Crippen molar-refractivity contribution in [2.75, 3.05) is 0 Å². The second kappa shape index (κ2) is 9.55. The van der Waals surface area contributed by atoms with Crippen molar-refractivity contribution in [3.8, 4) is 0 Å². The molecule has 0 aliphatic heterocycles. The standard InChI is InChI=1S/C16H38Ge2O5/c1-11-17(12-2,22-19-15(5,6)7)21-18(13-3,14-4)23-20-16(8,9)10/h11-14H2,1-10H3. The monoisotopic (exact) mass is 458 g/mol. The normalized spacial score (nSPS) is 14.3. The zero-order valence-electron chi connectivity index (χ0n) is 16.9. The Hall–Kier alpha value is 0.886. The van der Waals surface area contributed by atoms with Crippen LogP contribution < -0.4 is 0 Å². The summed E-state index contributed by atoms with van der Waals surface area (Å²) < 4.78 is 18.6. The molecule has 0 aliphatic rings. The van der Waals surface area contributed by atoms with Gasteiger partial charge >= 0.3 is 150 Å². The second-order valence-electron chi connectivity index (χ2n) is 7.90. The summed E-state index contributed by atoms with van der Waals surface area (Å²) >= 11 is -6.12. The topological polar surface area (TPSA) is 46.2 Å². The first-order valence-electron chi connectivity index (χ1n) is 8.80. The Bertz CT molecular complexity index is 296. The fourth-order valence-electron chi connectivity index (χ4n) is 1.80. The van der Waals surface area contributed by atoms with E-state index in [9.17, 15) is 0 Å². The van der Waals surface area contributed by atoms with Gasteiger partial charge < -0.3 is 0 Å². The third kappa shape index (κ3) is 9.23. The Morgan fingerprint density at radius 1 is 0.565 bits per heavy atom. The minimum absolute atomic E-state index is 0.346. The Kier molecular flexibility index (Phi) is 9.91. The first-order chi connectivity index (χ1) is 10.4. The molecule has 0 saturated heterocycles. The van der Waals surface area contributed by atoms with Gasteiger partial charge in [-0.25, -0.2) is 0 Å². The summed E-state index contributed by atoms with van der Waals surface area (Å²) in [4.78, 5) is 11.3. The predicted molar refractivity (Wildman–Crippen MR) is 98.4 cm³/mol. The molecule has 0 N–H and O–H groups in total. The van der Waals surface area contributed by atoms with E-state index < -0.39 is 27.9 Å². The van der Waals surface area contributed by atoms with E-state index in [-0.39, 0.29) is 11.2 Å². The number of hydrogen-bond acceptors (Lipinski definition) is 5. The Balaban J connectivity index is 5.21. The summed E-state index contributed by atoms with van der Waals surface area (Å²) in [6, 6.07) is 0. The predicted octanol–water partition coefficient (Wildman–Crippen LogP) is 5.46. The van der Waals surface area contributed by atoms with E-state index in [0.29, 0.717) is 0 Å². The van der Waals surface area contributed by atoms with Crippen LogP contribution in [0, 0.1) is 0 Å². The van der Waals surface area contributed by atoms with Crippen LogP contribution in [-0.4, -0.2) is 39.1 Å². The summed E-state index contributed by atoms with van der Waals surface area (Å²) in [5.41, 5.74) is -0.692. The first-order valence-corrected chi connectivity index (χ1v) is 18.2. The van der Waals surface area contributed by atoms with E-state index >= 15 is 0 Å². The van der Waals surface area contributed by atoms with Gasteiger partial charge in [-0.15, -0.1) is 0 Å². The zero-order valence-corrected chi connectivity index (χ0v) is 21.1. The molecule has 0 aromatic rings. The van der Waals surface area contributed by atoms with E-state index in [0.717, 1.165) is 21.0 Å².